The molecule has 0 bridgehead atoms. The summed E-state index contributed by atoms with van der Waals surface area (Å²) in [4.78, 5) is 28.8. The van der Waals surface area contributed by atoms with Crippen LogP contribution in [0.3, 0.4) is 0 Å². The highest BCUT2D eigenvalue weighted by Gasteiger charge is 2.31. The summed E-state index contributed by atoms with van der Waals surface area (Å²) in [6, 6.07) is 4.67. The van der Waals surface area contributed by atoms with E-state index in [4.69, 9.17) is 10.2 Å². The molecule has 7 nitrogen and oxygen atoms in total. The van der Waals surface area contributed by atoms with Gasteiger partial charge in [0.25, 0.3) is 5.56 Å². The Balaban J connectivity index is 2.27. The van der Waals surface area contributed by atoms with Gasteiger partial charge in [-0.15, -0.1) is 0 Å². The fourth-order valence-corrected chi connectivity index (χ4v) is 2.93. The lowest BCUT2D eigenvalue weighted by atomic mass is 10.1. The average molecular weight is 341 g/mol. The van der Waals surface area contributed by atoms with E-state index < -0.39 is 12.1 Å². The molecular weight excluding hydrogens is 322 g/mol. The number of benzene rings is 1. The Morgan fingerprint density at radius 1 is 1.48 bits per heavy atom. The maximum atomic E-state index is 13.1. The maximum Gasteiger partial charge on any atom is 0.405 e. The number of nitrogens with one attached hydrogen (secondary N) is 1. The molecule has 2 aromatic rings. The molecule has 3 N–H and O–H groups in total. The van der Waals surface area contributed by atoms with Crippen LogP contribution in [-0.2, 0) is 0 Å². The quantitative estimate of drug-likeness (QED) is 0.736. The van der Waals surface area contributed by atoms with Gasteiger partial charge in [0.2, 0.25) is 0 Å². The van der Waals surface area contributed by atoms with E-state index in [1.165, 1.54) is 0 Å². The Labute approximate surface area is 144 Å². The van der Waals surface area contributed by atoms with Gasteiger partial charge in [0, 0.05) is 11.6 Å². The monoisotopic (exact) mass is 341 g/mol. The van der Waals surface area contributed by atoms with E-state index in [2.05, 4.69) is 22.1 Å². The van der Waals surface area contributed by atoms with E-state index in [-0.39, 0.29) is 18.2 Å². The van der Waals surface area contributed by atoms with Gasteiger partial charge in [-0.3, -0.25) is 9.36 Å². The third-order valence-electron chi connectivity index (χ3n) is 4.19. The predicted octanol–water partition coefficient (Wildman–Crippen LogP) is 1.79. The largest absolute Gasteiger partial charge is 0.465 e. The van der Waals surface area contributed by atoms with Crippen molar-refractivity contribution in [2.24, 2.45) is 0 Å². The first kappa shape index (κ1) is 17.0. The third kappa shape index (κ3) is 3.35. The highest BCUT2D eigenvalue weighted by atomic mass is 16.4. The summed E-state index contributed by atoms with van der Waals surface area (Å²) in [6.07, 6.45) is 1.08. The summed E-state index contributed by atoms with van der Waals surface area (Å²) in [5.41, 5.74) is 0.785. The van der Waals surface area contributed by atoms with E-state index in [0.717, 1.165) is 12.8 Å². The number of aliphatic hydroxyl groups is 1. The topological polar surface area (TPSA) is 104 Å². The number of carboxylic acid groups (broad SMARTS) is 1. The zero-order chi connectivity index (χ0) is 18.0. The van der Waals surface area contributed by atoms with Crippen molar-refractivity contribution in [3.05, 3.63) is 39.9 Å². The van der Waals surface area contributed by atoms with Gasteiger partial charge < -0.3 is 15.5 Å². The van der Waals surface area contributed by atoms with Crippen molar-refractivity contribution in [2.45, 2.75) is 38.3 Å². The Hall–Kier alpha value is -2.85. The van der Waals surface area contributed by atoms with E-state index in [0.29, 0.717) is 28.7 Å². The molecule has 0 radical (unpaired) electrons. The van der Waals surface area contributed by atoms with E-state index in [1.807, 2.05) is 6.92 Å². The van der Waals surface area contributed by atoms with Crippen molar-refractivity contribution in [3.63, 3.8) is 0 Å². The summed E-state index contributed by atoms with van der Waals surface area (Å²) >= 11 is 0. The fourth-order valence-electron chi connectivity index (χ4n) is 2.93. The summed E-state index contributed by atoms with van der Waals surface area (Å²) < 4.78 is 1.61. The summed E-state index contributed by atoms with van der Waals surface area (Å²) in [6.45, 7) is 1.55. The van der Waals surface area contributed by atoms with Crippen molar-refractivity contribution < 1.29 is 15.0 Å². The van der Waals surface area contributed by atoms with Gasteiger partial charge in [0.05, 0.1) is 16.9 Å². The number of hydrogen-bond acceptors (Lipinski definition) is 4. The van der Waals surface area contributed by atoms with Crippen LogP contribution < -0.4 is 10.9 Å². The van der Waals surface area contributed by atoms with Crippen LogP contribution in [-0.4, -0.2) is 32.5 Å². The van der Waals surface area contributed by atoms with Gasteiger partial charge in [0.15, 0.2) is 0 Å². The lowest BCUT2D eigenvalue weighted by Crippen LogP contribution is -2.34. The number of rotatable bonds is 4. The second-order valence-corrected chi connectivity index (χ2v) is 5.95. The van der Waals surface area contributed by atoms with Crippen LogP contribution in [0.4, 0.5) is 4.79 Å². The molecule has 1 atom stereocenters. The first-order valence-electron chi connectivity index (χ1n) is 8.21. The van der Waals surface area contributed by atoms with E-state index >= 15 is 0 Å². The van der Waals surface area contributed by atoms with Crippen molar-refractivity contribution in [3.8, 4) is 11.8 Å². The molecule has 1 aromatic carbocycles. The molecule has 0 spiro atoms. The molecule has 0 saturated heterocycles. The molecule has 25 heavy (non-hydrogen) atoms. The molecule has 130 valence electrons. The molecular formula is C18H19N3O4. The first-order valence-corrected chi connectivity index (χ1v) is 8.21. The molecule has 1 saturated carbocycles. The Kier molecular flexibility index (Phi) is 4.72. The Morgan fingerprint density at radius 2 is 2.24 bits per heavy atom. The van der Waals surface area contributed by atoms with Crippen LogP contribution in [0, 0.1) is 11.8 Å². The Bertz CT molecular complexity index is 935. The molecule has 1 aliphatic carbocycles. The smallest absolute Gasteiger partial charge is 0.405 e. The fraction of sp³-hybridized carbons (Fsp3) is 0.389. The minimum Gasteiger partial charge on any atom is -0.465 e. The number of carbonyl (C=O) groups is 1. The highest BCUT2D eigenvalue weighted by molar-refractivity contribution is 5.84. The maximum absolute atomic E-state index is 13.1. The van der Waals surface area contributed by atoms with Crippen LogP contribution in [0.2, 0.25) is 0 Å². The Morgan fingerprint density at radius 3 is 2.84 bits per heavy atom. The van der Waals surface area contributed by atoms with Crippen LogP contribution in [0.25, 0.3) is 10.9 Å². The van der Waals surface area contributed by atoms with Crippen LogP contribution >= 0.6 is 0 Å². The van der Waals surface area contributed by atoms with Crippen LogP contribution in [0.5, 0.6) is 0 Å². The molecule has 1 aromatic heterocycles. The number of aromatic nitrogens is 2. The number of nitrogens with zero attached hydrogens (tertiary/aromatic N) is 2. The zero-order valence-corrected chi connectivity index (χ0v) is 13.8. The number of amides is 1. The van der Waals surface area contributed by atoms with Gasteiger partial charge in [-0.1, -0.05) is 24.8 Å². The first-order chi connectivity index (χ1) is 12.1. The van der Waals surface area contributed by atoms with Crippen LogP contribution in [0.1, 0.15) is 49.7 Å². The molecule has 7 heteroatoms. The van der Waals surface area contributed by atoms with Gasteiger partial charge in [0.1, 0.15) is 12.4 Å². The molecule has 3 rings (SSSR count). The van der Waals surface area contributed by atoms with Gasteiger partial charge in [-0.25, -0.2) is 9.78 Å². The van der Waals surface area contributed by atoms with E-state index in [9.17, 15) is 9.59 Å². The molecule has 1 aliphatic rings. The van der Waals surface area contributed by atoms with Crippen molar-refractivity contribution in [2.75, 3.05) is 6.61 Å². The number of aliphatic hydroxyl groups excluding tert-OH is 1. The molecule has 1 amide bonds. The van der Waals surface area contributed by atoms with Crippen LogP contribution in [0.15, 0.2) is 23.0 Å². The highest BCUT2D eigenvalue weighted by Crippen LogP contribution is 2.36. The zero-order valence-electron chi connectivity index (χ0n) is 13.8. The number of fused-ring (bicyclic) bond motifs is 1. The average Bonchev–Trinajstić information content (AvgIpc) is 3.42. The van der Waals surface area contributed by atoms with Crippen molar-refractivity contribution >= 4 is 17.0 Å². The molecule has 1 fully saturated rings. The van der Waals surface area contributed by atoms with Crippen molar-refractivity contribution in [1.82, 2.24) is 14.9 Å². The minimum absolute atomic E-state index is 0.0444. The molecule has 1 unspecified atom stereocenters. The second kappa shape index (κ2) is 6.95. The lowest BCUT2D eigenvalue weighted by molar-refractivity contribution is 0.188. The lowest BCUT2D eigenvalue weighted by Gasteiger charge is -2.20. The molecule has 0 aliphatic heterocycles. The van der Waals surface area contributed by atoms with E-state index in [1.54, 1.807) is 22.8 Å². The van der Waals surface area contributed by atoms with Crippen molar-refractivity contribution in [1.29, 1.82) is 0 Å². The van der Waals surface area contributed by atoms with Gasteiger partial charge in [-0.2, -0.15) is 0 Å². The number of hydrogen-bond donors (Lipinski definition) is 3. The minimum atomic E-state index is -1.15. The SMILES string of the molecule is CCC(NC(=O)O)c1nc2cccc(C#CCO)c2c(=O)n1C1CC1. The summed E-state index contributed by atoms with van der Waals surface area (Å²) in [5, 5.41) is 20.8. The van der Waals surface area contributed by atoms with Gasteiger partial charge in [-0.05, 0) is 31.4 Å². The summed E-state index contributed by atoms with van der Waals surface area (Å²) in [7, 11) is 0. The van der Waals surface area contributed by atoms with Gasteiger partial charge >= 0.3 is 6.09 Å². The predicted molar refractivity (Wildman–Crippen MR) is 92.4 cm³/mol. The summed E-state index contributed by atoms with van der Waals surface area (Å²) in [5.74, 6) is 5.80. The normalized spacial score (nSPS) is 14.6. The molecule has 1 heterocycles. The standard InChI is InChI=1S/C18H19N3O4/c1-2-13(20-18(24)25)16-19-14-7-3-5-11(6-4-10-22)15(14)17(23)21(16)12-8-9-12/h3,5,7,12-13,20,22H,2,8-10H2,1H3,(H,24,25). The second-order valence-electron chi connectivity index (χ2n) is 5.95. The third-order valence-corrected chi connectivity index (χ3v) is 4.19.